The third kappa shape index (κ3) is 4.49. The number of hydrogen-bond acceptors (Lipinski definition) is 2. The van der Waals surface area contributed by atoms with E-state index in [-0.39, 0.29) is 41.9 Å². The monoisotopic (exact) mass is 263 g/mol. The summed E-state index contributed by atoms with van der Waals surface area (Å²) in [6.45, 7) is 0. The summed E-state index contributed by atoms with van der Waals surface area (Å²) < 4.78 is 24.7. The van der Waals surface area contributed by atoms with Gasteiger partial charge in [-0.15, -0.1) is 0 Å². The second-order valence-corrected chi connectivity index (χ2v) is 4.41. The number of rotatable bonds is 2. The summed E-state index contributed by atoms with van der Waals surface area (Å²) in [5, 5.41) is 0.462. The van der Waals surface area contributed by atoms with Crippen LogP contribution in [0.5, 0.6) is 0 Å². The van der Waals surface area contributed by atoms with E-state index >= 15 is 0 Å². The van der Waals surface area contributed by atoms with Crippen LogP contribution in [0.3, 0.4) is 0 Å². The molecule has 0 spiro atoms. The average molecular weight is 264 g/mol. The molecule has 1 aromatic carbocycles. The van der Waals surface area contributed by atoms with Gasteiger partial charge in [-0.25, -0.2) is 8.42 Å². The maximum Gasteiger partial charge on any atom is 1.00 e. The molecule has 0 unspecified atom stereocenters. The molecule has 0 radical (unpaired) electrons. The smallest absolute Gasteiger partial charge is 0.458 e. The molecule has 0 aliphatic rings. The molecule has 0 aliphatic heterocycles. The Morgan fingerprint density at radius 1 is 1.14 bits per heavy atom. The van der Waals surface area contributed by atoms with Crippen molar-refractivity contribution in [2.75, 3.05) is 0 Å². The zero-order valence-electron chi connectivity index (χ0n) is 6.74. The first-order valence-corrected chi connectivity index (χ1v) is 5.06. The molecule has 0 heterocycles. The van der Waals surface area contributed by atoms with Gasteiger partial charge in [0, 0.05) is 9.92 Å². The molecule has 1 rings (SSSR count). The molecule has 0 amide bonds. The van der Waals surface area contributed by atoms with Gasteiger partial charge in [0.1, 0.15) is 10.0 Å². The largest absolute Gasteiger partial charge is 1.00 e. The SMILES string of the molecule is C.O=S(=O)([N-]Cl)c1ccc(Cl)cc1.[Na+]. The van der Waals surface area contributed by atoms with Crippen molar-refractivity contribution in [2.24, 2.45) is 0 Å². The van der Waals surface area contributed by atoms with Crippen molar-refractivity contribution in [1.29, 1.82) is 0 Å². The summed E-state index contributed by atoms with van der Waals surface area (Å²) in [6.07, 6.45) is 0. The first kappa shape index (κ1) is 17.1. The van der Waals surface area contributed by atoms with Gasteiger partial charge >= 0.3 is 29.6 Å². The average Bonchev–Trinajstić information content (AvgIpc) is 2.05. The summed E-state index contributed by atoms with van der Waals surface area (Å²) in [5.41, 5.74) is 0. The fraction of sp³-hybridized carbons (Fsp3) is 0.143. The summed E-state index contributed by atoms with van der Waals surface area (Å²) in [4.78, 5) is 0.0295. The van der Waals surface area contributed by atoms with Gasteiger partial charge in [-0.3, -0.25) is 11.8 Å². The molecule has 1 aromatic rings. The number of sulfonamides is 1. The summed E-state index contributed by atoms with van der Waals surface area (Å²) >= 11 is 10.4. The van der Waals surface area contributed by atoms with Crippen LogP contribution in [0.15, 0.2) is 29.2 Å². The van der Waals surface area contributed by atoms with Gasteiger partial charge in [-0.2, -0.15) is 0 Å². The van der Waals surface area contributed by atoms with Crippen LogP contribution in [0, 0.1) is 0 Å². The Morgan fingerprint density at radius 2 is 1.57 bits per heavy atom. The molecule has 0 bridgehead atoms. The minimum absolute atomic E-state index is 0. The maximum atomic E-state index is 11.0. The van der Waals surface area contributed by atoms with E-state index in [4.69, 9.17) is 23.4 Å². The van der Waals surface area contributed by atoms with Crippen molar-refractivity contribution in [2.45, 2.75) is 12.3 Å². The molecule has 7 heteroatoms. The quantitative estimate of drug-likeness (QED) is 0.716. The van der Waals surface area contributed by atoms with Gasteiger partial charge in [0.2, 0.25) is 0 Å². The molecule has 74 valence electrons. The van der Waals surface area contributed by atoms with Crippen LogP contribution in [0.2, 0.25) is 5.02 Å². The summed E-state index contributed by atoms with van der Waals surface area (Å²) in [6, 6.07) is 5.58. The van der Waals surface area contributed by atoms with E-state index in [0.717, 1.165) is 0 Å². The predicted octanol–water partition coefficient (Wildman–Crippen LogP) is 0.196. The minimum atomic E-state index is -3.68. The Bertz CT molecular complexity index is 366. The third-order valence-electron chi connectivity index (χ3n) is 1.20. The Labute approximate surface area is 116 Å². The molecule has 0 saturated heterocycles. The molecule has 3 nitrogen and oxygen atoms in total. The van der Waals surface area contributed by atoms with Gasteiger partial charge in [-0.1, -0.05) is 19.0 Å². The summed E-state index contributed by atoms with van der Waals surface area (Å²) in [5.74, 6) is 0. The first-order chi connectivity index (χ1) is 5.56. The maximum absolute atomic E-state index is 11.0. The summed E-state index contributed by atoms with van der Waals surface area (Å²) in [7, 11) is -3.68. The van der Waals surface area contributed by atoms with Crippen molar-refractivity contribution in [1.82, 2.24) is 0 Å². The molecule has 0 fully saturated rings. The molecular formula is C7H8Cl2NNaO2S. The van der Waals surface area contributed by atoms with Crippen molar-refractivity contribution >= 4 is 33.4 Å². The normalized spacial score (nSPS) is 9.86. The van der Waals surface area contributed by atoms with E-state index in [2.05, 4.69) is 4.24 Å². The van der Waals surface area contributed by atoms with Crippen molar-refractivity contribution < 1.29 is 38.0 Å². The van der Waals surface area contributed by atoms with Crippen LogP contribution in [0.1, 0.15) is 7.43 Å². The van der Waals surface area contributed by atoms with Gasteiger partial charge < -0.3 is 4.24 Å². The molecule has 0 N–H and O–H groups in total. The van der Waals surface area contributed by atoms with Crippen LogP contribution >= 0.6 is 23.4 Å². The first-order valence-electron chi connectivity index (χ1n) is 2.90. The van der Waals surface area contributed by atoms with Crippen molar-refractivity contribution in [3.8, 4) is 0 Å². The molecule has 0 aliphatic carbocycles. The minimum Gasteiger partial charge on any atom is -0.458 e. The Balaban J connectivity index is 0. The molecule has 0 aromatic heterocycles. The zero-order valence-corrected chi connectivity index (χ0v) is 11.1. The van der Waals surface area contributed by atoms with Gasteiger partial charge in [-0.05, 0) is 24.3 Å². The van der Waals surface area contributed by atoms with Gasteiger partial charge in [0.15, 0.2) is 0 Å². The van der Waals surface area contributed by atoms with E-state index in [1.54, 1.807) is 0 Å². The Hall–Kier alpha value is 0.710. The predicted molar refractivity (Wildman–Crippen MR) is 54.6 cm³/mol. The van der Waals surface area contributed by atoms with E-state index in [1.807, 2.05) is 0 Å². The third-order valence-corrected chi connectivity index (χ3v) is 3.05. The van der Waals surface area contributed by atoms with Crippen LogP contribution in [0.4, 0.5) is 0 Å². The van der Waals surface area contributed by atoms with E-state index < -0.39 is 10.0 Å². The molecule has 14 heavy (non-hydrogen) atoms. The van der Waals surface area contributed by atoms with Crippen LogP contribution in [-0.2, 0) is 10.0 Å². The molecule has 0 atom stereocenters. The van der Waals surface area contributed by atoms with Crippen LogP contribution < -0.4 is 29.6 Å². The number of hydrogen-bond donors (Lipinski definition) is 0. The van der Waals surface area contributed by atoms with Crippen molar-refractivity contribution in [3.05, 3.63) is 33.5 Å². The number of nitrogens with zero attached hydrogens (tertiary/aromatic N) is 1. The van der Waals surface area contributed by atoms with Gasteiger partial charge in [0.05, 0.1) is 0 Å². The van der Waals surface area contributed by atoms with Gasteiger partial charge in [0.25, 0.3) is 0 Å². The van der Waals surface area contributed by atoms with E-state index in [1.165, 1.54) is 24.3 Å². The second kappa shape index (κ2) is 7.06. The fourth-order valence-corrected chi connectivity index (χ4v) is 1.57. The molecule has 0 saturated carbocycles. The Kier molecular flexibility index (Phi) is 8.63. The molecular weight excluding hydrogens is 256 g/mol. The number of benzene rings is 1. The Morgan fingerprint density at radius 3 is 1.93 bits per heavy atom. The van der Waals surface area contributed by atoms with E-state index in [0.29, 0.717) is 5.02 Å². The topological polar surface area (TPSA) is 48.2 Å². The zero-order chi connectivity index (χ0) is 9.19. The standard InChI is InChI=1S/C6H4Cl2NO2S.CH4.Na/c7-5-1-3-6(4-2-5)12(10,11)9-8;;/h1-4H;1H4;/q-1;;+1. The van der Waals surface area contributed by atoms with Crippen LogP contribution in [-0.4, -0.2) is 8.42 Å². The second-order valence-electron chi connectivity index (χ2n) is 2.00. The van der Waals surface area contributed by atoms with E-state index in [9.17, 15) is 8.42 Å². The number of halogens is 2. The van der Waals surface area contributed by atoms with Crippen LogP contribution in [0.25, 0.3) is 4.24 Å². The fourth-order valence-electron chi connectivity index (χ4n) is 0.646. The van der Waals surface area contributed by atoms with Crippen molar-refractivity contribution in [3.63, 3.8) is 0 Å².